The van der Waals surface area contributed by atoms with Crippen LogP contribution in [0.15, 0.2) is 27.6 Å². The summed E-state index contributed by atoms with van der Waals surface area (Å²) in [6.45, 7) is 1.63. The van der Waals surface area contributed by atoms with Crippen LogP contribution in [0.4, 0.5) is 8.78 Å². The summed E-state index contributed by atoms with van der Waals surface area (Å²) in [6, 6.07) is 3.32. The molecular formula is C11H9F2NO3S. The number of hydrogen-bond donors (Lipinski definition) is 0. The van der Waals surface area contributed by atoms with Crippen LogP contribution < -0.4 is 0 Å². The van der Waals surface area contributed by atoms with Crippen molar-refractivity contribution >= 4 is 9.84 Å². The van der Waals surface area contributed by atoms with E-state index in [-0.39, 0.29) is 11.3 Å². The van der Waals surface area contributed by atoms with Crippen molar-refractivity contribution in [1.82, 2.24) is 5.16 Å². The Bertz CT molecular complexity index is 684. The van der Waals surface area contributed by atoms with Crippen LogP contribution in [0.3, 0.4) is 0 Å². The lowest BCUT2D eigenvalue weighted by Crippen LogP contribution is -2.04. The molecule has 0 N–H and O–H groups in total. The minimum atomic E-state index is -3.95. The van der Waals surface area contributed by atoms with E-state index in [1.165, 1.54) is 6.07 Å². The summed E-state index contributed by atoms with van der Waals surface area (Å²) in [5.74, 6) is -1.81. The number of rotatable bonds is 2. The zero-order chi connectivity index (χ0) is 13.5. The molecule has 0 atom stereocenters. The Morgan fingerprint density at radius 2 is 1.72 bits per heavy atom. The molecule has 0 bridgehead atoms. The molecule has 0 spiro atoms. The van der Waals surface area contributed by atoms with Crippen molar-refractivity contribution in [3.05, 3.63) is 35.6 Å². The molecule has 0 unspecified atom stereocenters. The largest absolute Gasteiger partial charge is 0.361 e. The average molecular weight is 273 g/mol. The van der Waals surface area contributed by atoms with Crippen molar-refractivity contribution < 1.29 is 21.7 Å². The highest BCUT2D eigenvalue weighted by Gasteiger charge is 2.21. The monoisotopic (exact) mass is 273 g/mol. The molecule has 4 nitrogen and oxygen atoms in total. The molecule has 2 aromatic rings. The summed E-state index contributed by atoms with van der Waals surface area (Å²) < 4.78 is 54.5. The lowest BCUT2D eigenvalue weighted by atomic mass is 10.1. The highest BCUT2D eigenvalue weighted by Crippen LogP contribution is 2.26. The van der Waals surface area contributed by atoms with Gasteiger partial charge in [-0.05, 0) is 19.1 Å². The first-order valence-corrected chi connectivity index (χ1v) is 6.81. The van der Waals surface area contributed by atoms with Gasteiger partial charge in [-0.3, -0.25) is 0 Å². The van der Waals surface area contributed by atoms with Gasteiger partial charge in [0.25, 0.3) is 0 Å². The fourth-order valence-corrected chi connectivity index (χ4v) is 2.39. The van der Waals surface area contributed by atoms with Crippen LogP contribution in [-0.4, -0.2) is 19.8 Å². The molecule has 0 aliphatic carbocycles. The zero-order valence-corrected chi connectivity index (χ0v) is 10.4. The van der Waals surface area contributed by atoms with Gasteiger partial charge >= 0.3 is 0 Å². The molecule has 18 heavy (non-hydrogen) atoms. The first-order chi connectivity index (χ1) is 8.29. The predicted octanol–water partition coefficient (Wildman–Crippen LogP) is 2.33. The van der Waals surface area contributed by atoms with Crippen molar-refractivity contribution in [2.24, 2.45) is 0 Å². The predicted molar refractivity (Wildman–Crippen MR) is 59.7 cm³/mol. The number of hydrogen-bond acceptors (Lipinski definition) is 4. The second-order valence-corrected chi connectivity index (χ2v) is 5.82. The molecule has 0 saturated heterocycles. The second kappa shape index (κ2) is 4.16. The number of nitrogens with zero attached hydrogens (tertiary/aromatic N) is 1. The summed E-state index contributed by atoms with van der Waals surface area (Å²) in [5, 5.41) is 3.60. The van der Waals surface area contributed by atoms with Crippen molar-refractivity contribution in [2.45, 2.75) is 11.8 Å². The van der Waals surface area contributed by atoms with Crippen LogP contribution in [0.2, 0.25) is 0 Å². The van der Waals surface area contributed by atoms with Gasteiger partial charge in [-0.25, -0.2) is 17.2 Å². The molecule has 96 valence electrons. The van der Waals surface area contributed by atoms with Crippen molar-refractivity contribution in [3.63, 3.8) is 0 Å². The van der Waals surface area contributed by atoms with Crippen LogP contribution in [0.25, 0.3) is 11.3 Å². The summed E-state index contributed by atoms with van der Waals surface area (Å²) in [6.07, 6.45) is 0.744. The van der Waals surface area contributed by atoms with Crippen LogP contribution in [-0.2, 0) is 9.84 Å². The lowest BCUT2D eigenvalue weighted by Gasteiger charge is -2.04. The van der Waals surface area contributed by atoms with Gasteiger partial charge in [-0.1, -0.05) is 5.16 Å². The van der Waals surface area contributed by atoms with Crippen LogP contribution in [0.5, 0.6) is 0 Å². The van der Waals surface area contributed by atoms with E-state index in [0.29, 0.717) is 5.76 Å². The van der Waals surface area contributed by atoms with E-state index < -0.39 is 26.4 Å². The van der Waals surface area contributed by atoms with Gasteiger partial charge in [-0.2, -0.15) is 0 Å². The standard InChI is InChI=1S/C11H9F2NO3S/c1-6-3-10(14-17-6)7-4-8(12)11(9(13)5-7)18(2,15)16/h3-5H,1-2H3. The molecule has 7 heteroatoms. The molecule has 1 aromatic carbocycles. The number of benzene rings is 1. The molecule has 1 heterocycles. The molecule has 0 radical (unpaired) electrons. The van der Waals surface area contributed by atoms with E-state index in [9.17, 15) is 17.2 Å². The zero-order valence-electron chi connectivity index (χ0n) is 9.57. The van der Waals surface area contributed by atoms with E-state index in [2.05, 4.69) is 5.16 Å². The SMILES string of the molecule is Cc1cc(-c2cc(F)c(S(C)(=O)=O)c(F)c2)no1. The normalized spacial score (nSPS) is 11.8. The third-order valence-electron chi connectivity index (χ3n) is 2.29. The number of sulfone groups is 1. The Balaban J connectivity index is 2.63. The number of aromatic nitrogens is 1. The minimum absolute atomic E-state index is 0.120. The second-order valence-electron chi connectivity index (χ2n) is 3.86. The van der Waals surface area contributed by atoms with Gasteiger partial charge in [0.15, 0.2) is 9.84 Å². The van der Waals surface area contributed by atoms with E-state index >= 15 is 0 Å². The maximum atomic E-state index is 13.6. The fourth-order valence-electron chi connectivity index (χ4n) is 1.56. The van der Waals surface area contributed by atoms with Crippen LogP contribution in [0, 0.1) is 18.6 Å². The highest BCUT2D eigenvalue weighted by molar-refractivity contribution is 7.90. The van der Waals surface area contributed by atoms with Gasteiger partial charge in [0.2, 0.25) is 0 Å². The van der Waals surface area contributed by atoms with Gasteiger partial charge in [0.05, 0.1) is 0 Å². The third kappa shape index (κ3) is 2.26. The molecule has 0 aliphatic rings. The summed E-state index contributed by atoms with van der Waals surface area (Å²) in [4.78, 5) is -0.938. The summed E-state index contributed by atoms with van der Waals surface area (Å²) >= 11 is 0. The Morgan fingerprint density at radius 1 is 1.17 bits per heavy atom. The Hall–Kier alpha value is -1.76. The molecule has 0 saturated carbocycles. The molecule has 0 fully saturated rings. The minimum Gasteiger partial charge on any atom is -0.361 e. The molecule has 0 amide bonds. The van der Waals surface area contributed by atoms with E-state index in [0.717, 1.165) is 18.4 Å². The van der Waals surface area contributed by atoms with Gasteiger partial charge in [0.1, 0.15) is 28.0 Å². The average Bonchev–Trinajstić information content (AvgIpc) is 2.61. The van der Waals surface area contributed by atoms with Crippen molar-refractivity contribution in [2.75, 3.05) is 6.26 Å². The Morgan fingerprint density at radius 3 is 2.11 bits per heavy atom. The maximum Gasteiger partial charge on any atom is 0.181 e. The quantitative estimate of drug-likeness (QED) is 0.842. The Labute approximate surface area is 102 Å². The molecular weight excluding hydrogens is 264 g/mol. The lowest BCUT2D eigenvalue weighted by molar-refractivity contribution is 0.399. The van der Waals surface area contributed by atoms with Crippen LogP contribution in [0.1, 0.15) is 5.76 Å². The molecule has 2 rings (SSSR count). The topological polar surface area (TPSA) is 60.2 Å². The first kappa shape index (κ1) is 12.7. The summed E-state index contributed by atoms with van der Waals surface area (Å²) in [7, 11) is -3.95. The summed E-state index contributed by atoms with van der Waals surface area (Å²) in [5.41, 5.74) is 0.361. The number of halogens is 2. The highest BCUT2D eigenvalue weighted by atomic mass is 32.2. The van der Waals surface area contributed by atoms with E-state index in [1.807, 2.05) is 0 Å². The van der Waals surface area contributed by atoms with Crippen LogP contribution >= 0.6 is 0 Å². The fraction of sp³-hybridized carbons (Fsp3) is 0.182. The van der Waals surface area contributed by atoms with Gasteiger partial charge in [-0.15, -0.1) is 0 Å². The maximum absolute atomic E-state index is 13.6. The van der Waals surface area contributed by atoms with E-state index in [1.54, 1.807) is 6.92 Å². The van der Waals surface area contributed by atoms with E-state index in [4.69, 9.17) is 4.52 Å². The molecule has 1 aromatic heterocycles. The Kier molecular flexibility index (Phi) is 2.94. The first-order valence-electron chi connectivity index (χ1n) is 4.92. The van der Waals surface area contributed by atoms with Gasteiger partial charge in [0, 0.05) is 17.9 Å². The van der Waals surface area contributed by atoms with Crippen molar-refractivity contribution in [3.8, 4) is 11.3 Å². The smallest absolute Gasteiger partial charge is 0.181 e. The molecule has 0 aliphatic heterocycles. The third-order valence-corrected chi connectivity index (χ3v) is 3.42. The number of aryl methyl sites for hydroxylation is 1. The van der Waals surface area contributed by atoms with Crippen molar-refractivity contribution in [1.29, 1.82) is 0 Å². The van der Waals surface area contributed by atoms with Gasteiger partial charge < -0.3 is 4.52 Å².